The van der Waals surface area contributed by atoms with Crippen LogP contribution in [-0.2, 0) is 0 Å². The minimum absolute atomic E-state index is 0.637. The lowest BCUT2D eigenvalue weighted by Crippen LogP contribution is -2.02. The molecule has 0 saturated heterocycles. The summed E-state index contributed by atoms with van der Waals surface area (Å²) in [6.07, 6.45) is 0. The van der Waals surface area contributed by atoms with Gasteiger partial charge in [-0.1, -0.05) is 24.3 Å². The summed E-state index contributed by atoms with van der Waals surface area (Å²) in [6, 6.07) is 15.0. The average Bonchev–Trinajstić information content (AvgIpc) is 2.94. The highest BCUT2D eigenvalue weighted by molar-refractivity contribution is 5.50. The molecule has 21 heavy (non-hydrogen) atoms. The molecule has 0 saturated carbocycles. The highest BCUT2D eigenvalue weighted by atomic mass is 16.5. The van der Waals surface area contributed by atoms with Crippen molar-refractivity contribution in [3.8, 4) is 22.9 Å². The van der Waals surface area contributed by atoms with Crippen LogP contribution in [0, 0.1) is 6.92 Å². The maximum Gasteiger partial charge on any atom is 0.169 e. The summed E-state index contributed by atoms with van der Waals surface area (Å²) in [5, 5.41) is 11.5. The zero-order valence-corrected chi connectivity index (χ0v) is 11.7. The fraction of sp³-hybridized carbons (Fsp3) is 0.133. The molecule has 106 valence electrons. The fourth-order valence-electron chi connectivity index (χ4n) is 1.99. The van der Waals surface area contributed by atoms with Gasteiger partial charge in [0, 0.05) is 0 Å². The van der Waals surface area contributed by atoms with E-state index in [2.05, 4.69) is 15.5 Å². The number of nitrogens with zero attached hydrogens (tertiary/aromatic N) is 4. The molecule has 0 fully saturated rings. The highest BCUT2D eigenvalue weighted by Gasteiger charge is 2.12. The number of aryl methyl sites for hydroxylation is 1. The Morgan fingerprint density at radius 1 is 0.905 bits per heavy atom. The van der Waals surface area contributed by atoms with Crippen LogP contribution in [0.3, 0.4) is 0 Å². The Bertz CT molecular complexity index is 755. The van der Waals surface area contributed by atoms with Crippen LogP contribution < -0.4 is 9.47 Å². The van der Waals surface area contributed by atoms with Gasteiger partial charge in [-0.25, -0.2) is 0 Å². The van der Waals surface area contributed by atoms with E-state index >= 15 is 0 Å². The van der Waals surface area contributed by atoms with Gasteiger partial charge in [-0.2, -0.15) is 4.68 Å². The first-order valence-corrected chi connectivity index (χ1v) is 6.45. The molecule has 0 spiro atoms. The molecule has 0 aliphatic heterocycles. The van der Waals surface area contributed by atoms with E-state index in [1.54, 1.807) is 11.8 Å². The van der Waals surface area contributed by atoms with E-state index in [1.807, 2.05) is 55.5 Å². The van der Waals surface area contributed by atoms with Crippen LogP contribution in [-0.4, -0.2) is 27.3 Å². The van der Waals surface area contributed by atoms with Gasteiger partial charge in [0.2, 0.25) is 0 Å². The molecular formula is C15H14N4O2. The summed E-state index contributed by atoms with van der Waals surface area (Å²) in [5.74, 6) is 2.64. The van der Waals surface area contributed by atoms with E-state index in [9.17, 15) is 0 Å². The number of rotatable bonds is 4. The Hall–Kier alpha value is -2.89. The molecule has 6 nitrogen and oxygen atoms in total. The molecule has 2 aromatic carbocycles. The number of para-hydroxylation sites is 4. The van der Waals surface area contributed by atoms with Gasteiger partial charge in [0.05, 0.1) is 7.11 Å². The normalized spacial score (nSPS) is 10.4. The van der Waals surface area contributed by atoms with Crippen molar-refractivity contribution in [2.45, 2.75) is 6.92 Å². The Labute approximate surface area is 121 Å². The minimum atomic E-state index is 0.637. The lowest BCUT2D eigenvalue weighted by Gasteiger charge is -2.13. The molecule has 1 aromatic heterocycles. The van der Waals surface area contributed by atoms with Crippen LogP contribution in [0.5, 0.6) is 17.2 Å². The van der Waals surface area contributed by atoms with Gasteiger partial charge in [0.15, 0.2) is 23.1 Å². The van der Waals surface area contributed by atoms with E-state index in [1.165, 1.54) is 0 Å². The number of hydrogen-bond acceptors (Lipinski definition) is 5. The van der Waals surface area contributed by atoms with Crippen molar-refractivity contribution >= 4 is 0 Å². The molecule has 0 bridgehead atoms. The van der Waals surface area contributed by atoms with E-state index in [4.69, 9.17) is 9.47 Å². The molecule has 3 aromatic rings. The van der Waals surface area contributed by atoms with Crippen molar-refractivity contribution in [1.82, 2.24) is 20.2 Å². The molecule has 0 amide bonds. The van der Waals surface area contributed by atoms with Crippen LogP contribution in [0.4, 0.5) is 0 Å². The Morgan fingerprint density at radius 3 is 2.24 bits per heavy atom. The molecule has 0 radical (unpaired) electrons. The first-order valence-electron chi connectivity index (χ1n) is 6.45. The second-order valence-corrected chi connectivity index (χ2v) is 4.36. The monoisotopic (exact) mass is 282 g/mol. The molecule has 6 heteroatoms. The SMILES string of the molecule is COc1ccccc1Oc1ccccc1-n1nnnc1C. The van der Waals surface area contributed by atoms with Crippen molar-refractivity contribution < 1.29 is 9.47 Å². The van der Waals surface area contributed by atoms with Gasteiger partial charge in [0.1, 0.15) is 5.69 Å². The zero-order chi connectivity index (χ0) is 14.7. The summed E-state index contributed by atoms with van der Waals surface area (Å²) >= 11 is 0. The zero-order valence-electron chi connectivity index (χ0n) is 11.7. The van der Waals surface area contributed by atoms with Crippen LogP contribution in [0.25, 0.3) is 5.69 Å². The van der Waals surface area contributed by atoms with E-state index < -0.39 is 0 Å². The predicted molar refractivity (Wildman–Crippen MR) is 77.0 cm³/mol. The third kappa shape index (κ3) is 2.55. The Kier molecular flexibility index (Phi) is 3.51. The summed E-state index contributed by atoms with van der Waals surface area (Å²) in [4.78, 5) is 0. The maximum atomic E-state index is 5.97. The number of benzene rings is 2. The molecule has 0 atom stereocenters. The molecule has 1 heterocycles. The predicted octanol–water partition coefficient (Wildman–Crippen LogP) is 2.77. The van der Waals surface area contributed by atoms with Gasteiger partial charge in [-0.15, -0.1) is 5.10 Å². The summed E-state index contributed by atoms with van der Waals surface area (Å²) in [5.41, 5.74) is 0.769. The van der Waals surface area contributed by atoms with Gasteiger partial charge in [-0.3, -0.25) is 0 Å². The van der Waals surface area contributed by atoms with Crippen molar-refractivity contribution in [3.05, 3.63) is 54.4 Å². The van der Waals surface area contributed by atoms with Crippen LogP contribution in [0.1, 0.15) is 5.82 Å². The quantitative estimate of drug-likeness (QED) is 0.736. The lowest BCUT2D eigenvalue weighted by atomic mass is 10.2. The summed E-state index contributed by atoms with van der Waals surface area (Å²) in [6.45, 7) is 1.83. The first-order chi connectivity index (χ1) is 10.3. The third-order valence-corrected chi connectivity index (χ3v) is 3.01. The second kappa shape index (κ2) is 5.62. The van der Waals surface area contributed by atoms with Gasteiger partial charge in [-0.05, 0) is 41.6 Å². The third-order valence-electron chi connectivity index (χ3n) is 3.01. The smallest absolute Gasteiger partial charge is 0.169 e. The van der Waals surface area contributed by atoms with E-state index in [0.29, 0.717) is 23.1 Å². The fourth-order valence-corrected chi connectivity index (χ4v) is 1.99. The average molecular weight is 282 g/mol. The largest absolute Gasteiger partial charge is 0.493 e. The van der Waals surface area contributed by atoms with Crippen molar-refractivity contribution in [3.63, 3.8) is 0 Å². The molecule has 0 N–H and O–H groups in total. The summed E-state index contributed by atoms with van der Waals surface area (Å²) < 4.78 is 12.9. The van der Waals surface area contributed by atoms with Crippen LogP contribution in [0.2, 0.25) is 0 Å². The maximum absolute atomic E-state index is 5.97. The number of hydrogen-bond donors (Lipinski definition) is 0. The number of aromatic nitrogens is 4. The highest BCUT2D eigenvalue weighted by Crippen LogP contribution is 2.33. The van der Waals surface area contributed by atoms with Gasteiger partial charge >= 0.3 is 0 Å². The standard InChI is InChI=1S/C15H14N4O2/c1-11-16-17-18-19(11)12-7-3-4-8-13(12)21-15-10-6-5-9-14(15)20-2/h3-10H,1-2H3. The van der Waals surface area contributed by atoms with Crippen LogP contribution >= 0.6 is 0 Å². The van der Waals surface area contributed by atoms with E-state index in [-0.39, 0.29) is 0 Å². The topological polar surface area (TPSA) is 62.1 Å². The molecular weight excluding hydrogens is 268 g/mol. The molecule has 3 rings (SSSR count). The van der Waals surface area contributed by atoms with Crippen LogP contribution in [0.15, 0.2) is 48.5 Å². The number of ether oxygens (including phenoxy) is 2. The molecule has 0 unspecified atom stereocenters. The first kappa shape index (κ1) is 13.1. The van der Waals surface area contributed by atoms with Gasteiger partial charge in [0.25, 0.3) is 0 Å². The number of tetrazole rings is 1. The molecule has 0 aliphatic rings. The van der Waals surface area contributed by atoms with Crippen molar-refractivity contribution in [2.24, 2.45) is 0 Å². The molecule has 0 aliphatic carbocycles. The van der Waals surface area contributed by atoms with Crippen molar-refractivity contribution in [1.29, 1.82) is 0 Å². The summed E-state index contributed by atoms with van der Waals surface area (Å²) in [7, 11) is 1.61. The number of methoxy groups -OCH3 is 1. The van der Waals surface area contributed by atoms with Crippen molar-refractivity contribution in [2.75, 3.05) is 7.11 Å². The lowest BCUT2D eigenvalue weighted by molar-refractivity contribution is 0.378. The van der Waals surface area contributed by atoms with Gasteiger partial charge < -0.3 is 9.47 Å². The van der Waals surface area contributed by atoms with E-state index in [0.717, 1.165) is 5.69 Å². The minimum Gasteiger partial charge on any atom is -0.493 e. The Morgan fingerprint density at radius 2 is 1.57 bits per heavy atom. The second-order valence-electron chi connectivity index (χ2n) is 4.36. The Balaban J connectivity index is 2.02.